The highest BCUT2D eigenvalue weighted by molar-refractivity contribution is 5.92. The van der Waals surface area contributed by atoms with Crippen LogP contribution in [0, 0.1) is 0 Å². The molecule has 0 radical (unpaired) electrons. The molecule has 150 valence electrons. The Kier molecular flexibility index (Phi) is 7.57. The van der Waals surface area contributed by atoms with Gasteiger partial charge in [-0.3, -0.25) is 4.79 Å². The van der Waals surface area contributed by atoms with Crippen LogP contribution in [0.5, 0.6) is 5.75 Å². The molecule has 29 heavy (non-hydrogen) atoms. The van der Waals surface area contributed by atoms with Gasteiger partial charge in [-0.2, -0.15) is 0 Å². The molecule has 6 heteroatoms. The Morgan fingerprint density at radius 3 is 2.31 bits per heavy atom. The zero-order valence-corrected chi connectivity index (χ0v) is 16.6. The first-order valence-electron chi connectivity index (χ1n) is 9.77. The molecule has 0 atom stereocenters. The van der Waals surface area contributed by atoms with E-state index >= 15 is 0 Å². The lowest BCUT2D eigenvalue weighted by Crippen LogP contribution is -2.26. The predicted octanol–water partition coefficient (Wildman–Crippen LogP) is 3.50. The standard InChI is InChI=1S/C23H26N4O2/c1-29-20-11-9-19(10-12-20)15-17-24-22-14-13-21(26-27-22)23(28)25-16-5-8-18-6-3-2-4-7-18/h2-4,6-7,9-14H,5,8,15-17H2,1H3,(H,24,27)(H,25,28). The van der Waals surface area contributed by atoms with E-state index in [-0.39, 0.29) is 5.91 Å². The summed E-state index contributed by atoms with van der Waals surface area (Å²) >= 11 is 0. The van der Waals surface area contributed by atoms with E-state index in [1.54, 1.807) is 19.2 Å². The Morgan fingerprint density at radius 1 is 0.862 bits per heavy atom. The minimum Gasteiger partial charge on any atom is -0.497 e. The number of hydrogen-bond acceptors (Lipinski definition) is 5. The van der Waals surface area contributed by atoms with Gasteiger partial charge in [0.15, 0.2) is 5.69 Å². The molecule has 0 saturated carbocycles. The molecular weight excluding hydrogens is 364 g/mol. The normalized spacial score (nSPS) is 10.4. The average molecular weight is 390 g/mol. The smallest absolute Gasteiger partial charge is 0.271 e. The molecule has 3 rings (SSSR count). The number of rotatable bonds is 10. The van der Waals surface area contributed by atoms with Crippen LogP contribution >= 0.6 is 0 Å². The van der Waals surface area contributed by atoms with Gasteiger partial charge < -0.3 is 15.4 Å². The zero-order valence-electron chi connectivity index (χ0n) is 16.6. The van der Waals surface area contributed by atoms with E-state index in [1.807, 2.05) is 42.5 Å². The molecule has 3 aromatic rings. The molecule has 0 saturated heterocycles. The van der Waals surface area contributed by atoms with Crippen molar-refractivity contribution >= 4 is 11.7 Å². The van der Waals surface area contributed by atoms with Crippen LogP contribution in [0.4, 0.5) is 5.82 Å². The van der Waals surface area contributed by atoms with Crippen molar-refractivity contribution in [1.82, 2.24) is 15.5 Å². The molecule has 1 heterocycles. The third kappa shape index (κ3) is 6.60. The number of amides is 1. The number of nitrogens with one attached hydrogen (secondary N) is 2. The number of hydrogen-bond donors (Lipinski definition) is 2. The number of ether oxygens (including phenoxy) is 1. The van der Waals surface area contributed by atoms with Crippen molar-refractivity contribution in [3.05, 3.63) is 83.6 Å². The van der Waals surface area contributed by atoms with E-state index in [9.17, 15) is 4.79 Å². The summed E-state index contributed by atoms with van der Waals surface area (Å²) in [5.41, 5.74) is 2.80. The number of carbonyl (C=O) groups is 1. The van der Waals surface area contributed by atoms with E-state index in [1.165, 1.54) is 11.1 Å². The third-order valence-corrected chi connectivity index (χ3v) is 4.55. The lowest BCUT2D eigenvalue weighted by molar-refractivity contribution is 0.0947. The van der Waals surface area contributed by atoms with Gasteiger partial charge in [-0.15, -0.1) is 10.2 Å². The summed E-state index contributed by atoms with van der Waals surface area (Å²) in [5.74, 6) is 1.30. The van der Waals surface area contributed by atoms with Crippen molar-refractivity contribution in [1.29, 1.82) is 0 Å². The summed E-state index contributed by atoms with van der Waals surface area (Å²) in [6.07, 6.45) is 2.67. The first kappa shape index (κ1) is 20.3. The van der Waals surface area contributed by atoms with Crippen molar-refractivity contribution in [3.8, 4) is 5.75 Å². The van der Waals surface area contributed by atoms with Crippen LogP contribution in [-0.4, -0.2) is 36.3 Å². The van der Waals surface area contributed by atoms with Crippen molar-refractivity contribution in [2.45, 2.75) is 19.3 Å². The quantitative estimate of drug-likeness (QED) is 0.518. The lowest BCUT2D eigenvalue weighted by Gasteiger charge is -2.07. The highest BCUT2D eigenvalue weighted by Gasteiger charge is 2.07. The molecule has 0 bridgehead atoms. The summed E-state index contributed by atoms with van der Waals surface area (Å²) < 4.78 is 5.16. The van der Waals surface area contributed by atoms with E-state index in [0.717, 1.165) is 31.6 Å². The van der Waals surface area contributed by atoms with Crippen LogP contribution in [0.2, 0.25) is 0 Å². The van der Waals surface area contributed by atoms with Crippen LogP contribution in [0.1, 0.15) is 28.0 Å². The lowest BCUT2D eigenvalue weighted by atomic mass is 10.1. The van der Waals surface area contributed by atoms with Crippen molar-refractivity contribution in [2.75, 3.05) is 25.5 Å². The maximum absolute atomic E-state index is 12.2. The van der Waals surface area contributed by atoms with Gasteiger partial charge in [0.25, 0.3) is 5.91 Å². The zero-order chi connectivity index (χ0) is 20.3. The maximum Gasteiger partial charge on any atom is 0.271 e. The second-order valence-electron chi connectivity index (χ2n) is 6.67. The maximum atomic E-state index is 12.2. The third-order valence-electron chi connectivity index (χ3n) is 4.55. The number of nitrogens with zero attached hydrogens (tertiary/aromatic N) is 2. The van der Waals surface area contributed by atoms with Gasteiger partial charge in [-0.1, -0.05) is 42.5 Å². The molecule has 0 unspecified atom stereocenters. The second kappa shape index (κ2) is 10.8. The van der Waals surface area contributed by atoms with Crippen molar-refractivity contribution in [3.63, 3.8) is 0 Å². The molecule has 0 aliphatic heterocycles. The Morgan fingerprint density at radius 2 is 1.62 bits per heavy atom. The molecule has 2 N–H and O–H groups in total. The summed E-state index contributed by atoms with van der Waals surface area (Å²) in [4.78, 5) is 12.2. The van der Waals surface area contributed by atoms with Crippen molar-refractivity contribution < 1.29 is 9.53 Å². The fourth-order valence-corrected chi connectivity index (χ4v) is 2.90. The number of carbonyl (C=O) groups excluding carboxylic acids is 1. The number of benzene rings is 2. The molecule has 1 aromatic heterocycles. The summed E-state index contributed by atoms with van der Waals surface area (Å²) in [6.45, 7) is 1.34. The Hall–Kier alpha value is -3.41. The number of methoxy groups -OCH3 is 1. The minimum absolute atomic E-state index is 0.199. The first-order valence-corrected chi connectivity index (χ1v) is 9.77. The van der Waals surface area contributed by atoms with E-state index in [4.69, 9.17) is 4.74 Å². The van der Waals surface area contributed by atoms with Crippen LogP contribution in [-0.2, 0) is 12.8 Å². The molecular formula is C23H26N4O2. The largest absolute Gasteiger partial charge is 0.497 e. The van der Waals surface area contributed by atoms with Crippen molar-refractivity contribution in [2.24, 2.45) is 0 Å². The Bertz CT molecular complexity index is 881. The Labute approximate surface area is 171 Å². The van der Waals surface area contributed by atoms with Gasteiger partial charge >= 0.3 is 0 Å². The van der Waals surface area contributed by atoms with E-state index in [2.05, 4.69) is 33.0 Å². The molecule has 0 aliphatic carbocycles. The molecule has 0 spiro atoms. The first-order chi connectivity index (χ1) is 14.2. The van der Waals surface area contributed by atoms with Crippen LogP contribution in [0.15, 0.2) is 66.7 Å². The highest BCUT2D eigenvalue weighted by atomic mass is 16.5. The SMILES string of the molecule is COc1ccc(CCNc2ccc(C(=O)NCCCc3ccccc3)nn2)cc1. The van der Waals surface area contributed by atoms with Crippen LogP contribution in [0.3, 0.4) is 0 Å². The van der Waals surface area contributed by atoms with Crippen LogP contribution in [0.25, 0.3) is 0 Å². The fraction of sp³-hybridized carbons (Fsp3) is 0.261. The van der Waals surface area contributed by atoms with Gasteiger partial charge in [0.1, 0.15) is 11.6 Å². The molecule has 0 aliphatic rings. The molecule has 6 nitrogen and oxygen atoms in total. The monoisotopic (exact) mass is 390 g/mol. The molecule has 0 fully saturated rings. The Balaban J connectivity index is 1.37. The summed E-state index contributed by atoms with van der Waals surface area (Å²) in [6, 6.07) is 21.7. The van der Waals surface area contributed by atoms with E-state index in [0.29, 0.717) is 18.1 Å². The molecule has 2 aromatic carbocycles. The number of anilines is 1. The predicted molar refractivity (Wildman–Crippen MR) is 114 cm³/mol. The van der Waals surface area contributed by atoms with Gasteiger partial charge in [0.2, 0.25) is 0 Å². The minimum atomic E-state index is -0.199. The number of aromatic nitrogens is 2. The number of aryl methyl sites for hydroxylation is 1. The fourth-order valence-electron chi connectivity index (χ4n) is 2.90. The van der Waals surface area contributed by atoms with Gasteiger partial charge in [0, 0.05) is 13.1 Å². The second-order valence-corrected chi connectivity index (χ2v) is 6.67. The van der Waals surface area contributed by atoms with Gasteiger partial charge in [-0.05, 0) is 54.7 Å². The topological polar surface area (TPSA) is 76.1 Å². The van der Waals surface area contributed by atoms with Gasteiger partial charge in [0.05, 0.1) is 7.11 Å². The van der Waals surface area contributed by atoms with Gasteiger partial charge in [-0.25, -0.2) is 0 Å². The van der Waals surface area contributed by atoms with E-state index < -0.39 is 0 Å². The summed E-state index contributed by atoms with van der Waals surface area (Å²) in [7, 11) is 1.66. The average Bonchev–Trinajstić information content (AvgIpc) is 2.78. The highest BCUT2D eigenvalue weighted by Crippen LogP contribution is 2.12. The summed E-state index contributed by atoms with van der Waals surface area (Å²) in [5, 5.41) is 14.2. The molecule has 1 amide bonds. The van der Waals surface area contributed by atoms with Crippen LogP contribution < -0.4 is 15.4 Å².